The summed E-state index contributed by atoms with van der Waals surface area (Å²) in [7, 11) is 0. The molecule has 1 atom stereocenters. The van der Waals surface area contributed by atoms with Crippen molar-refractivity contribution in [1.82, 2.24) is 9.97 Å². The largest absolute Gasteiger partial charge is 0.394 e. The Hall–Kier alpha value is -1.65. The summed E-state index contributed by atoms with van der Waals surface area (Å²) in [6.45, 7) is 3.96. The molecule has 0 radical (unpaired) electrons. The van der Waals surface area contributed by atoms with Crippen molar-refractivity contribution in [2.45, 2.75) is 25.8 Å². The number of nitrogens with one attached hydrogen (secondary N) is 1. The van der Waals surface area contributed by atoms with Crippen LogP contribution >= 0.6 is 11.6 Å². The van der Waals surface area contributed by atoms with Gasteiger partial charge < -0.3 is 10.4 Å². The highest BCUT2D eigenvalue weighted by Gasteiger charge is 2.21. The van der Waals surface area contributed by atoms with E-state index in [2.05, 4.69) is 15.3 Å². The number of aliphatic hydroxyl groups excluding tert-OH is 1. The Kier molecular flexibility index (Phi) is 4.57. The maximum Gasteiger partial charge on any atom is 0.163 e. The van der Waals surface area contributed by atoms with Gasteiger partial charge in [0.15, 0.2) is 5.82 Å². The Morgan fingerprint density at radius 2 is 1.95 bits per heavy atom. The monoisotopic (exact) mass is 291 g/mol. The topological polar surface area (TPSA) is 58.0 Å². The molecular formula is C15H18ClN3O. The fraction of sp³-hybridized carbons (Fsp3) is 0.333. The second-order valence-corrected chi connectivity index (χ2v) is 5.35. The third kappa shape index (κ3) is 3.46. The van der Waals surface area contributed by atoms with Crippen LogP contribution in [0.5, 0.6) is 0 Å². The number of nitrogens with zero attached hydrogens (tertiary/aromatic N) is 2. The van der Waals surface area contributed by atoms with E-state index in [4.69, 9.17) is 11.6 Å². The summed E-state index contributed by atoms with van der Waals surface area (Å²) < 4.78 is 0. The van der Waals surface area contributed by atoms with Gasteiger partial charge in [-0.15, -0.1) is 0 Å². The summed E-state index contributed by atoms with van der Waals surface area (Å²) in [4.78, 5) is 8.70. The first-order valence-corrected chi connectivity index (χ1v) is 6.93. The van der Waals surface area contributed by atoms with Gasteiger partial charge in [-0.25, -0.2) is 9.97 Å². The van der Waals surface area contributed by atoms with E-state index in [1.807, 2.05) is 44.2 Å². The number of aromatic nitrogens is 2. The quantitative estimate of drug-likeness (QED) is 0.829. The zero-order valence-corrected chi connectivity index (χ0v) is 12.4. The van der Waals surface area contributed by atoms with Crippen molar-refractivity contribution >= 4 is 17.4 Å². The van der Waals surface area contributed by atoms with Crippen molar-refractivity contribution in [1.29, 1.82) is 0 Å². The van der Waals surface area contributed by atoms with Crippen LogP contribution in [0.25, 0.3) is 11.4 Å². The van der Waals surface area contributed by atoms with E-state index in [1.165, 1.54) is 0 Å². The molecule has 1 aromatic heterocycles. The molecule has 0 bridgehead atoms. The van der Waals surface area contributed by atoms with Gasteiger partial charge in [0, 0.05) is 11.6 Å². The highest BCUT2D eigenvalue weighted by atomic mass is 35.5. The number of benzene rings is 1. The zero-order chi connectivity index (χ0) is 14.6. The van der Waals surface area contributed by atoms with Crippen LogP contribution in [-0.2, 0) is 0 Å². The molecule has 1 heterocycles. The van der Waals surface area contributed by atoms with Crippen molar-refractivity contribution in [3.63, 3.8) is 0 Å². The maximum absolute atomic E-state index is 9.46. The van der Waals surface area contributed by atoms with Gasteiger partial charge in [-0.05, 0) is 13.3 Å². The molecule has 0 spiro atoms. The molecule has 2 aromatic rings. The molecule has 0 aliphatic heterocycles. The Balaban J connectivity index is 2.35. The Bertz CT molecular complexity index is 571. The molecule has 1 unspecified atom stereocenters. The number of hydrogen-bond acceptors (Lipinski definition) is 4. The van der Waals surface area contributed by atoms with Gasteiger partial charge >= 0.3 is 0 Å². The van der Waals surface area contributed by atoms with E-state index in [0.717, 1.165) is 12.0 Å². The van der Waals surface area contributed by atoms with E-state index in [-0.39, 0.29) is 6.61 Å². The molecule has 0 fully saturated rings. The Labute approximate surface area is 123 Å². The van der Waals surface area contributed by atoms with Gasteiger partial charge in [-0.3, -0.25) is 0 Å². The molecule has 0 aliphatic rings. The fourth-order valence-corrected chi connectivity index (χ4v) is 1.93. The summed E-state index contributed by atoms with van der Waals surface area (Å²) in [5.74, 6) is 1.18. The van der Waals surface area contributed by atoms with Crippen molar-refractivity contribution in [2.24, 2.45) is 0 Å². The molecule has 2 N–H and O–H groups in total. The highest BCUT2D eigenvalue weighted by Crippen LogP contribution is 2.23. The predicted octanol–water partition coefficient (Wildman–Crippen LogP) is 3.37. The standard InChI is InChI=1S/C15H18ClN3O/c1-3-15(2,10-20)19-13-9-12(16)17-14(18-13)11-7-5-4-6-8-11/h4-9,20H,3,10H2,1-2H3,(H,17,18,19). The van der Waals surface area contributed by atoms with Gasteiger partial charge in [-0.2, -0.15) is 0 Å². The lowest BCUT2D eigenvalue weighted by molar-refractivity contribution is 0.218. The third-order valence-electron chi connectivity index (χ3n) is 3.29. The minimum absolute atomic E-state index is 0.0196. The lowest BCUT2D eigenvalue weighted by Crippen LogP contribution is -2.38. The summed E-state index contributed by atoms with van der Waals surface area (Å²) >= 11 is 6.06. The molecule has 0 amide bonds. The molecule has 0 saturated carbocycles. The van der Waals surface area contributed by atoms with Crippen LogP contribution in [0.1, 0.15) is 20.3 Å². The number of aliphatic hydroxyl groups is 1. The number of rotatable bonds is 5. The predicted molar refractivity (Wildman–Crippen MR) is 81.9 cm³/mol. The molecule has 106 valence electrons. The summed E-state index contributed by atoms with van der Waals surface area (Å²) in [6.07, 6.45) is 0.770. The first-order chi connectivity index (χ1) is 9.56. The first kappa shape index (κ1) is 14.8. The number of anilines is 1. The fourth-order valence-electron chi connectivity index (χ4n) is 1.75. The van der Waals surface area contributed by atoms with Crippen LogP contribution in [0.2, 0.25) is 5.15 Å². The SMILES string of the molecule is CCC(C)(CO)Nc1cc(Cl)nc(-c2ccccc2)n1. The lowest BCUT2D eigenvalue weighted by Gasteiger charge is -2.28. The zero-order valence-electron chi connectivity index (χ0n) is 11.6. The van der Waals surface area contributed by atoms with Crippen molar-refractivity contribution < 1.29 is 5.11 Å². The summed E-state index contributed by atoms with van der Waals surface area (Å²) in [5.41, 5.74) is 0.478. The van der Waals surface area contributed by atoms with E-state index in [1.54, 1.807) is 6.07 Å². The molecule has 2 rings (SSSR count). The summed E-state index contributed by atoms with van der Waals surface area (Å²) in [6, 6.07) is 11.3. The van der Waals surface area contributed by atoms with Gasteiger partial charge in [0.2, 0.25) is 0 Å². The average Bonchev–Trinajstić information content (AvgIpc) is 2.47. The second-order valence-electron chi connectivity index (χ2n) is 4.96. The number of hydrogen-bond donors (Lipinski definition) is 2. The Morgan fingerprint density at radius 3 is 2.55 bits per heavy atom. The average molecular weight is 292 g/mol. The second kappa shape index (κ2) is 6.20. The number of halogens is 1. The van der Waals surface area contributed by atoms with Gasteiger partial charge in [0.1, 0.15) is 11.0 Å². The van der Waals surface area contributed by atoms with Crippen LogP contribution in [0, 0.1) is 0 Å². The molecular weight excluding hydrogens is 274 g/mol. The van der Waals surface area contributed by atoms with Crippen molar-refractivity contribution in [3.8, 4) is 11.4 Å². The minimum Gasteiger partial charge on any atom is -0.394 e. The lowest BCUT2D eigenvalue weighted by atomic mass is 10.0. The molecule has 0 aliphatic carbocycles. The first-order valence-electron chi connectivity index (χ1n) is 6.55. The van der Waals surface area contributed by atoms with Crippen molar-refractivity contribution in [2.75, 3.05) is 11.9 Å². The van der Waals surface area contributed by atoms with Gasteiger partial charge in [0.25, 0.3) is 0 Å². The van der Waals surface area contributed by atoms with Gasteiger partial charge in [0.05, 0.1) is 12.1 Å². The normalized spacial score (nSPS) is 13.8. The minimum atomic E-state index is -0.425. The molecule has 20 heavy (non-hydrogen) atoms. The smallest absolute Gasteiger partial charge is 0.163 e. The molecule has 4 nitrogen and oxygen atoms in total. The van der Waals surface area contributed by atoms with Crippen LogP contribution in [0.4, 0.5) is 5.82 Å². The molecule has 0 saturated heterocycles. The van der Waals surface area contributed by atoms with Crippen LogP contribution in [-0.4, -0.2) is 27.2 Å². The van der Waals surface area contributed by atoms with Crippen molar-refractivity contribution in [3.05, 3.63) is 41.6 Å². The van der Waals surface area contributed by atoms with E-state index < -0.39 is 5.54 Å². The Morgan fingerprint density at radius 1 is 1.25 bits per heavy atom. The molecule has 5 heteroatoms. The van der Waals surface area contributed by atoms with Crippen LogP contribution in [0.3, 0.4) is 0 Å². The summed E-state index contributed by atoms with van der Waals surface area (Å²) in [5, 5.41) is 13.1. The third-order valence-corrected chi connectivity index (χ3v) is 3.48. The maximum atomic E-state index is 9.46. The van der Waals surface area contributed by atoms with Gasteiger partial charge in [-0.1, -0.05) is 48.9 Å². The highest BCUT2D eigenvalue weighted by molar-refractivity contribution is 6.29. The van der Waals surface area contributed by atoms with E-state index >= 15 is 0 Å². The van der Waals surface area contributed by atoms with Crippen LogP contribution < -0.4 is 5.32 Å². The van der Waals surface area contributed by atoms with E-state index in [9.17, 15) is 5.11 Å². The van der Waals surface area contributed by atoms with Crippen LogP contribution in [0.15, 0.2) is 36.4 Å². The molecule has 1 aromatic carbocycles. The van der Waals surface area contributed by atoms with E-state index in [0.29, 0.717) is 16.8 Å².